The van der Waals surface area contributed by atoms with Crippen LogP contribution in [-0.2, 0) is 9.53 Å². The Hall–Kier alpha value is -1.06. The second kappa shape index (κ2) is 6.21. The summed E-state index contributed by atoms with van der Waals surface area (Å²) < 4.78 is 4.90. The molecule has 0 radical (unpaired) electrons. The minimum absolute atomic E-state index is 0.227. The topological polar surface area (TPSA) is 46.6 Å². The Bertz CT molecular complexity index is 288. The fourth-order valence-corrected chi connectivity index (χ4v) is 2.84. The number of ether oxygens (including phenoxy) is 1. The molecule has 18 heavy (non-hydrogen) atoms. The SMILES string of the molecule is COC(=O)N(C1CCC(CC=O)CC1)C(C)(C)C. The van der Waals surface area contributed by atoms with Gasteiger partial charge in [0.2, 0.25) is 0 Å². The van der Waals surface area contributed by atoms with Crippen LogP contribution in [0.4, 0.5) is 4.79 Å². The monoisotopic (exact) mass is 255 g/mol. The molecule has 4 nitrogen and oxygen atoms in total. The van der Waals surface area contributed by atoms with Crippen LogP contribution in [0, 0.1) is 5.92 Å². The highest BCUT2D eigenvalue weighted by atomic mass is 16.5. The van der Waals surface area contributed by atoms with Gasteiger partial charge in [-0.1, -0.05) is 0 Å². The van der Waals surface area contributed by atoms with E-state index in [-0.39, 0.29) is 17.7 Å². The van der Waals surface area contributed by atoms with Crippen LogP contribution in [0.2, 0.25) is 0 Å². The first-order valence-corrected chi connectivity index (χ1v) is 6.71. The van der Waals surface area contributed by atoms with Crippen molar-refractivity contribution in [1.82, 2.24) is 4.90 Å². The molecule has 0 N–H and O–H groups in total. The molecule has 0 bridgehead atoms. The van der Waals surface area contributed by atoms with Crippen LogP contribution in [0.3, 0.4) is 0 Å². The summed E-state index contributed by atoms with van der Waals surface area (Å²) in [5, 5.41) is 0. The van der Waals surface area contributed by atoms with Gasteiger partial charge in [-0.3, -0.25) is 0 Å². The van der Waals surface area contributed by atoms with Crippen LogP contribution >= 0.6 is 0 Å². The van der Waals surface area contributed by atoms with Crippen LogP contribution in [-0.4, -0.2) is 36.0 Å². The summed E-state index contributed by atoms with van der Waals surface area (Å²) in [7, 11) is 1.43. The molecular weight excluding hydrogens is 230 g/mol. The second-order valence-electron chi connectivity index (χ2n) is 6.09. The molecule has 0 aromatic carbocycles. The zero-order valence-corrected chi connectivity index (χ0v) is 11.9. The molecule has 0 aromatic rings. The maximum absolute atomic E-state index is 11.9. The predicted octanol–water partition coefficient (Wildman–Crippen LogP) is 3.00. The van der Waals surface area contributed by atoms with E-state index in [2.05, 4.69) is 0 Å². The third kappa shape index (κ3) is 3.72. The quantitative estimate of drug-likeness (QED) is 0.728. The molecular formula is C14H25NO3. The molecule has 0 spiro atoms. The standard InChI is InChI=1S/C14H25NO3/c1-14(2,3)15(13(17)18-4)12-7-5-11(6-8-12)9-10-16/h10-12H,5-9H2,1-4H3. The zero-order valence-electron chi connectivity index (χ0n) is 11.9. The van der Waals surface area contributed by atoms with E-state index in [0.717, 1.165) is 32.0 Å². The van der Waals surface area contributed by atoms with E-state index in [1.54, 1.807) is 0 Å². The summed E-state index contributed by atoms with van der Waals surface area (Å²) >= 11 is 0. The van der Waals surface area contributed by atoms with Crippen molar-refractivity contribution in [3.05, 3.63) is 0 Å². The van der Waals surface area contributed by atoms with Gasteiger partial charge in [0.05, 0.1) is 7.11 Å². The number of carbonyl (C=O) groups is 2. The first kappa shape index (κ1) is 15.0. The van der Waals surface area contributed by atoms with E-state index >= 15 is 0 Å². The summed E-state index contributed by atoms with van der Waals surface area (Å²) in [6, 6.07) is 0.236. The van der Waals surface area contributed by atoms with Crippen molar-refractivity contribution in [3.8, 4) is 0 Å². The summed E-state index contributed by atoms with van der Waals surface area (Å²) in [6.45, 7) is 6.09. The van der Waals surface area contributed by atoms with Gasteiger partial charge in [0.1, 0.15) is 6.29 Å². The van der Waals surface area contributed by atoms with Crippen LogP contribution in [0.1, 0.15) is 52.9 Å². The highest BCUT2D eigenvalue weighted by Crippen LogP contribution is 2.32. The molecule has 0 heterocycles. The van der Waals surface area contributed by atoms with Crippen molar-refractivity contribution < 1.29 is 14.3 Å². The number of aldehydes is 1. The molecule has 1 aliphatic rings. The van der Waals surface area contributed by atoms with Crippen LogP contribution in [0.15, 0.2) is 0 Å². The molecule has 0 atom stereocenters. The Morgan fingerprint density at radius 3 is 2.22 bits per heavy atom. The Kier molecular flexibility index (Phi) is 5.17. The van der Waals surface area contributed by atoms with E-state index in [0.29, 0.717) is 12.3 Å². The first-order chi connectivity index (χ1) is 8.40. The van der Waals surface area contributed by atoms with Crippen molar-refractivity contribution in [2.75, 3.05) is 7.11 Å². The lowest BCUT2D eigenvalue weighted by Gasteiger charge is -2.43. The molecule has 0 unspecified atom stereocenters. The second-order valence-corrected chi connectivity index (χ2v) is 6.09. The van der Waals surface area contributed by atoms with Crippen molar-refractivity contribution in [3.63, 3.8) is 0 Å². The van der Waals surface area contributed by atoms with Gasteiger partial charge >= 0.3 is 6.09 Å². The first-order valence-electron chi connectivity index (χ1n) is 6.71. The molecule has 104 valence electrons. The number of amides is 1. The van der Waals surface area contributed by atoms with Gasteiger partial charge in [-0.2, -0.15) is 0 Å². The van der Waals surface area contributed by atoms with E-state index in [1.807, 2.05) is 25.7 Å². The van der Waals surface area contributed by atoms with Gasteiger partial charge in [-0.05, 0) is 52.4 Å². The maximum Gasteiger partial charge on any atom is 0.410 e. The average molecular weight is 255 g/mol. The highest BCUT2D eigenvalue weighted by molar-refractivity contribution is 5.68. The number of nitrogens with zero attached hydrogens (tertiary/aromatic N) is 1. The summed E-state index contributed by atoms with van der Waals surface area (Å²) in [4.78, 5) is 24.3. The van der Waals surface area contributed by atoms with Crippen molar-refractivity contribution in [2.24, 2.45) is 5.92 Å². The van der Waals surface area contributed by atoms with E-state index in [4.69, 9.17) is 4.74 Å². The van der Waals surface area contributed by atoms with E-state index in [1.165, 1.54) is 7.11 Å². The number of methoxy groups -OCH3 is 1. The van der Waals surface area contributed by atoms with Crippen LogP contribution in [0.25, 0.3) is 0 Å². The van der Waals surface area contributed by atoms with Gasteiger partial charge in [0.15, 0.2) is 0 Å². The van der Waals surface area contributed by atoms with Gasteiger partial charge in [0, 0.05) is 18.0 Å². The van der Waals surface area contributed by atoms with Crippen molar-refractivity contribution >= 4 is 12.4 Å². The normalized spacial score (nSPS) is 24.4. The molecule has 0 aliphatic heterocycles. The van der Waals surface area contributed by atoms with E-state index < -0.39 is 0 Å². The Morgan fingerprint density at radius 2 is 1.83 bits per heavy atom. The Labute approximate surface area is 110 Å². The maximum atomic E-state index is 11.9. The lowest BCUT2D eigenvalue weighted by Crippen LogP contribution is -2.52. The minimum atomic E-state index is -0.249. The largest absolute Gasteiger partial charge is 0.453 e. The molecule has 1 aliphatic carbocycles. The number of hydrogen-bond acceptors (Lipinski definition) is 3. The number of carbonyl (C=O) groups excluding carboxylic acids is 2. The molecule has 1 amide bonds. The van der Waals surface area contributed by atoms with Crippen molar-refractivity contribution in [2.45, 2.75) is 64.5 Å². The van der Waals surface area contributed by atoms with Gasteiger partial charge in [-0.15, -0.1) is 0 Å². The fourth-order valence-electron chi connectivity index (χ4n) is 2.84. The molecule has 4 heteroatoms. The van der Waals surface area contributed by atoms with Gasteiger partial charge in [0.25, 0.3) is 0 Å². The lowest BCUT2D eigenvalue weighted by molar-refractivity contribution is -0.109. The third-order valence-electron chi connectivity index (χ3n) is 3.71. The molecule has 1 saturated carbocycles. The molecule has 1 fully saturated rings. The minimum Gasteiger partial charge on any atom is -0.453 e. The van der Waals surface area contributed by atoms with Gasteiger partial charge in [-0.25, -0.2) is 4.79 Å². The summed E-state index contributed by atoms with van der Waals surface area (Å²) in [6.07, 6.45) is 5.38. The summed E-state index contributed by atoms with van der Waals surface area (Å²) in [5.41, 5.74) is -0.227. The van der Waals surface area contributed by atoms with E-state index in [9.17, 15) is 9.59 Å². The Balaban J connectivity index is 2.66. The lowest BCUT2D eigenvalue weighted by atomic mass is 9.82. The van der Waals surface area contributed by atoms with Gasteiger partial charge < -0.3 is 14.4 Å². The smallest absolute Gasteiger partial charge is 0.410 e. The van der Waals surface area contributed by atoms with Crippen molar-refractivity contribution in [1.29, 1.82) is 0 Å². The Morgan fingerprint density at radius 1 is 1.28 bits per heavy atom. The number of hydrogen-bond donors (Lipinski definition) is 0. The van der Waals surface area contributed by atoms with Crippen LogP contribution < -0.4 is 0 Å². The zero-order chi connectivity index (χ0) is 13.8. The number of rotatable bonds is 3. The summed E-state index contributed by atoms with van der Waals surface area (Å²) in [5.74, 6) is 0.498. The van der Waals surface area contributed by atoms with Crippen LogP contribution in [0.5, 0.6) is 0 Å². The highest BCUT2D eigenvalue weighted by Gasteiger charge is 2.36. The predicted molar refractivity (Wildman–Crippen MR) is 70.4 cm³/mol. The third-order valence-corrected chi connectivity index (χ3v) is 3.71. The fraction of sp³-hybridized carbons (Fsp3) is 0.857. The molecule has 0 aromatic heterocycles. The average Bonchev–Trinajstić information content (AvgIpc) is 2.30. The molecule has 0 saturated heterocycles. The molecule has 1 rings (SSSR count).